The summed E-state index contributed by atoms with van der Waals surface area (Å²) in [4.78, 5) is 3.56. The van der Waals surface area contributed by atoms with Crippen molar-refractivity contribution in [1.82, 2.24) is 15.2 Å². The molecule has 10 heavy (non-hydrogen) atoms. The second kappa shape index (κ2) is 4.04. The van der Waals surface area contributed by atoms with Crippen molar-refractivity contribution in [3.63, 3.8) is 0 Å². The van der Waals surface area contributed by atoms with Crippen LogP contribution in [0.3, 0.4) is 0 Å². The summed E-state index contributed by atoms with van der Waals surface area (Å²) in [6.07, 6.45) is 2.96. The Morgan fingerprint density at radius 2 is 1.70 bits per heavy atom. The van der Waals surface area contributed by atoms with Gasteiger partial charge in [0, 0.05) is 0 Å². The first-order valence-corrected chi connectivity index (χ1v) is 3.29. The summed E-state index contributed by atoms with van der Waals surface area (Å²) in [5.74, 6) is 0. The predicted molar refractivity (Wildman–Crippen MR) is 41.5 cm³/mol. The molecule has 0 saturated carbocycles. The monoisotopic (exact) mass is 141 g/mol. The first-order chi connectivity index (χ1) is 4.50. The molecule has 0 radical (unpaired) electrons. The van der Waals surface area contributed by atoms with E-state index in [2.05, 4.69) is 42.9 Å². The van der Waals surface area contributed by atoms with E-state index in [1.807, 2.05) is 0 Å². The quantitative estimate of drug-likeness (QED) is 0.599. The largest absolute Gasteiger partial charge is 0.266 e. The zero-order valence-corrected chi connectivity index (χ0v) is 7.05. The lowest BCUT2D eigenvalue weighted by Gasteiger charge is -2.05. The molecule has 3 nitrogen and oxygen atoms in total. The maximum absolute atomic E-state index is 3.56. The third-order valence-corrected chi connectivity index (χ3v) is 0.331. The summed E-state index contributed by atoms with van der Waals surface area (Å²) in [6.45, 7) is 8.75. The van der Waals surface area contributed by atoms with E-state index in [4.69, 9.17) is 0 Å². The predicted octanol–water partition coefficient (Wildman–Crippen LogP) is 1.86. The van der Waals surface area contributed by atoms with E-state index >= 15 is 0 Å². The van der Waals surface area contributed by atoms with Crippen LogP contribution in [0.1, 0.15) is 27.7 Å². The topological polar surface area (TPSA) is 41.6 Å². The Kier molecular flexibility index (Phi) is 3.69. The van der Waals surface area contributed by atoms with Crippen molar-refractivity contribution in [2.45, 2.75) is 27.7 Å². The van der Waals surface area contributed by atoms with Crippen LogP contribution in [0.15, 0.2) is 12.7 Å². The summed E-state index contributed by atoms with van der Waals surface area (Å²) in [5, 5.41) is 5.99. The zero-order chi connectivity index (χ0) is 8.04. The molecule has 0 atom stereocenters. The minimum Gasteiger partial charge on any atom is -0.266 e. The van der Waals surface area contributed by atoms with Crippen molar-refractivity contribution in [3.05, 3.63) is 12.7 Å². The molecule has 0 aromatic carbocycles. The molecule has 0 spiro atoms. The van der Waals surface area contributed by atoms with Crippen LogP contribution >= 0.6 is 0 Å². The van der Waals surface area contributed by atoms with E-state index in [9.17, 15) is 0 Å². The standard InChI is InChI=1S/C5H12.C2H3N3/c1-5(2,3)4;1-3-2-5-4-1/h1-4H3;1-2H,(H,3,4,5). The Balaban J connectivity index is 0.000000162. The molecule has 0 amide bonds. The van der Waals surface area contributed by atoms with E-state index in [0.717, 1.165) is 0 Å². The molecule has 58 valence electrons. The van der Waals surface area contributed by atoms with E-state index in [1.54, 1.807) is 0 Å². The highest BCUT2D eigenvalue weighted by atomic mass is 15.2. The normalized spacial score (nSPS) is 10.0. The van der Waals surface area contributed by atoms with Crippen LogP contribution in [-0.2, 0) is 0 Å². The Bertz CT molecular complexity index is 115. The molecule has 0 saturated heterocycles. The van der Waals surface area contributed by atoms with E-state index in [-0.39, 0.29) is 0 Å². The van der Waals surface area contributed by atoms with Gasteiger partial charge in [0.2, 0.25) is 0 Å². The minimum absolute atomic E-state index is 0.500. The van der Waals surface area contributed by atoms with Gasteiger partial charge in [0.1, 0.15) is 12.7 Å². The van der Waals surface area contributed by atoms with Gasteiger partial charge in [-0.15, -0.1) is 0 Å². The molecule has 1 heterocycles. The van der Waals surface area contributed by atoms with E-state index in [1.165, 1.54) is 12.7 Å². The Morgan fingerprint density at radius 1 is 1.20 bits per heavy atom. The van der Waals surface area contributed by atoms with Crippen molar-refractivity contribution in [3.8, 4) is 0 Å². The number of hydrogen-bond acceptors (Lipinski definition) is 2. The highest BCUT2D eigenvalue weighted by molar-refractivity contribution is 4.47. The molecule has 3 heteroatoms. The van der Waals surface area contributed by atoms with Crippen molar-refractivity contribution in [1.29, 1.82) is 0 Å². The summed E-state index contributed by atoms with van der Waals surface area (Å²) in [5.41, 5.74) is 0.500. The molecule has 0 unspecified atom stereocenters. The smallest absolute Gasteiger partial charge is 0.137 e. The van der Waals surface area contributed by atoms with Gasteiger partial charge in [-0.2, -0.15) is 5.10 Å². The first-order valence-electron chi connectivity index (χ1n) is 3.29. The average molecular weight is 141 g/mol. The third-order valence-electron chi connectivity index (χ3n) is 0.331. The van der Waals surface area contributed by atoms with Gasteiger partial charge in [-0.25, -0.2) is 4.98 Å². The van der Waals surface area contributed by atoms with Gasteiger partial charge in [0.05, 0.1) is 0 Å². The van der Waals surface area contributed by atoms with Crippen LogP contribution in [0.4, 0.5) is 0 Å². The molecule has 0 aliphatic carbocycles. The molecule has 1 aromatic rings. The number of nitrogens with zero attached hydrogens (tertiary/aromatic N) is 2. The van der Waals surface area contributed by atoms with Crippen LogP contribution in [0, 0.1) is 5.41 Å². The molecule has 1 N–H and O–H groups in total. The second-order valence-corrected chi connectivity index (χ2v) is 3.65. The highest BCUT2D eigenvalue weighted by Gasteiger charge is 1.95. The molecule has 0 aliphatic rings. The minimum atomic E-state index is 0.500. The van der Waals surface area contributed by atoms with Crippen molar-refractivity contribution in [2.75, 3.05) is 0 Å². The first kappa shape index (κ1) is 9.14. The van der Waals surface area contributed by atoms with Crippen LogP contribution in [0.25, 0.3) is 0 Å². The number of nitrogens with one attached hydrogen (secondary N) is 1. The fraction of sp³-hybridized carbons (Fsp3) is 0.714. The zero-order valence-electron chi connectivity index (χ0n) is 7.05. The number of hydrogen-bond donors (Lipinski definition) is 1. The Hall–Kier alpha value is -0.860. The lowest BCUT2D eigenvalue weighted by Crippen LogP contribution is -1.93. The summed E-state index contributed by atoms with van der Waals surface area (Å²) >= 11 is 0. The van der Waals surface area contributed by atoms with Gasteiger partial charge < -0.3 is 0 Å². The molecule has 0 aliphatic heterocycles. The van der Waals surface area contributed by atoms with E-state index < -0.39 is 0 Å². The maximum atomic E-state index is 3.56. The Morgan fingerprint density at radius 3 is 1.80 bits per heavy atom. The van der Waals surface area contributed by atoms with Crippen LogP contribution in [-0.4, -0.2) is 15.2 Å². The van der Waals surface area contributed by atoms with Crippen LogP contribution in [0.2, 0.25) is 0 Å². The number of rotatable bonds is 0. The molecule has 1 aromatic heterocycles. The number of aromatic amines is 1. The molecular formula is C7H15N3. The fourth-order valence-electron chi connectivity index (χ4n) is 0.167. The van der Waals surface area contributed by atoms with Crippen LogP contribution in [0.5, 0.6) is 0 Å². The highest BCUT2D eigenvalue weighted by Crippen LogP contribution is 2.07. The molecule has 0 fully saturated rings. The van der Waals surface area contributed by atoms with Crippen molar-refractivity contribution < 1.29 is 0 Å². The molecule has 0 bridgehead atoms. The maximum Gasteiger partial charge on any atom is 0.137 e. The van der Waals surface area contributed by atoms with Gasteiger partial charge in [0.15, 0.2) is 0 Å². The molecule has 1 rings (SSSR count). The second-order valence-electron chi connectivity index (χ2n) is 3.65. The van der Waals surface area contributed by atoms with E-state index in [0.29, 0.717) is 5.41 Å². The summed E-state index contributed by atoms with van der Waals surface area (Å²) in [6, 6.07) is 0. The SMILES string of the molecule is CC(C)(C)C.c1nc[nH]n1. The van der Waals surface area contributed by atoms with Gasteiger partial charge in [0.25, 0.3) is 0 Å². The van der Waals surface area contributed by atoms with Gasteiger partial charge in [-0.3, -0.25) is 5.10 Å². The average Bonchev–Trinajstić information content (AvgIpc) is 2.07. The van der Waals surface area contributed by atoms with Gasteiger partial charge >= 0.3 is 0 Å². The lowest BCUT2D eigenvalue weighted by atomic mass is 10.0. The molecular weight excluding hydrogens is 126 g/mol. The Labute approximate surface area is 61.9 Å². The van der Waals surface area contributed by atoms with Crippen LogP contribution < -0.4 is 0 Å². The number of H-pyrrole nitrogens is 1. The van der Waals surface area contributed by atoms with Gasteiger partial charge in [-0.05, 0) is 5.41 Å². The number of aromatic nitrogens is 3. The lowest BCUT2D eigenvalue weighted by molar-refractivity contribution is 0.469. The van der Waals surface area contributed by atoms with Crippen molar-refractivity contribution in [2.24, 2.45) is 5.41 Å². The van der Waals surface area contributed by atoms with Gasteiger partial charge in [-0.1, -0.05) is 27.7 Å². The summed E-state index contributed by atoms with van der Waals surface area (Å²) < 4.78 is 0. The summed E-state index contributed by atoms with van der Waals surface area (Å²) in [7, 11) is 0. The van der Waals surface area contributed by atoms with Crippen molar-refractivity contribution >= 4 is 0 Å². The fourth-order valence-corrected chi connectivity index (χ4v) is 0.167. The third kappa shape index (κ3) is 15.7.